The van der Waals surface area contributed by atoms with E-state index in [0.717, 1.165) is 17.1 Å². The summed E-state index contributed by atoms with van der Waals surface area (Å²) in [6.45, 7) is 5.38. The summed E-state index contributed by atoms with van der Waals surface area (Å²) in [6.07, 6.45) is 0.284. The number of benzene rings is 1. The fourth-order valence-electron chi connectivity index (χ4n) is 3.20. The zero-order valence-corrected chi connectivity index (χ0v) is 15.0. The highest BCUT2D eigenvalue weighted by atomic mass is 16.3. The summed E-state index contributed by atoms with van der Waals surface area (Å²) in [4.78, 5) is 28.4. The van der Waals surface area contributed by atoms with E-state index in [1.54, 1.807) is 16.8 Å². The number of furan rings is 1. The molecule has 1 atom stereocenters. The highest BCUT2D eigenvalue weighted by Crippen LogP contribution is 2.23. The van der Waals surface area contributed by atoms with Crippen LogP contribution in [0.1, 0.15) is 29.1 Å². The number of hydrogen-bond donors (Lipinski definition) is 0. The Hall–Kier alpha value is -2.56. The van der Waals surface area contributed by atoms with Crippen LogP contribution in [0, 0.1) is 19.8 Å². The number of amides is 2. The molecule has 5 heteroatoms. The number of likely N-dealkylation sites (tertiary alicyclic amines) is 1. The number of rotatable bonds is 5. The van der Waals surface area contributed by atoms with Crippen LogP contribution in [0.3, 0.4) is 0 Å². The van der Waals surface area contributed by atoms with Crippen LogP contribution in [-0.4, -0.2) is 35.2 Å². The van der Waals surface area contributed by atoms with E-state index in [2.05, 4.69) is 0 Å². The van der Waals surface area contributed by atoms with Crippen LogP contribution in [0.15, 0.2) is 40.8 Å². The van der Waals surface area contributed by atoms with Gasteiger partial charge in [-0.1, -0.05) is 29.8 Å². The van der Waals surface area contributed by atoms with Gasteiger partial charge in [-0.25, -0.2) is 0 Å². The quantitative estimate of drug-likeness (QED) is 0.841. The van der Waals surface area contributed by atoms with Crippen LogP contribution >= 0.6 is 0 Å². The van der Waals surface area contributed by atoms with Gasteiger partial charge in [0.25, 0.3) is 0 Å². The molecule has 1 aliphatic heterocycles. The topological polar surface area (TPSA) is 53.8 Å². The van der Waals surface area contributed by atoms with Crippen molar-refractivity contribution >= 4 is 11.8 Å². The first kappa shape index (κ1) is 17.3. The highest BCUT2D eigenvalue weighted by Gasteiger charge is 2.35. The first-order valence-corrected chi connectivity index (χ1v) is 8.56. The van der Waals surface area contributed by atoms with Gasteiger partial charge < -0.3 is 14.2 Å². The third-order valence-corrected chi connectivity index (χ3v) is 4.62. The van der Waals surface area contributed by atoms with Gasteiger partial charge in [0.2, 0.25) is 11.8 Å². The summed E-state index contributed by atoms with van der Waals surface area (Å²) in [7, 11) is 1.76. The number of aryl methyl sites for hydroxylation is 2. The van der Waals surface area contributed by atoms with Crippen LogP contribution in [0.2, 0.25) is 0 Å². The Morgan fingerprint density at radius 3 is 2.56 bits per heavy atom. The second-order valence-electron chi connectivity index (χ2n) is 6.87. The molecule has 1 aromatic heterocycles. The van der Waals surface area contributed by atoms with E-state index in [-0.39, 0.29) is 24.2 Å². The fraction of sp³-hybridized carbons (Fsp3) is 0.400. The third kappa shape index (κ3) is 4.10. The number of carbonyl (C=O) groups excluding carboxylic acids is 2. The predicted molar refractivity (Wildman–Crippen MR) is 94.6 cm³/mol. The van der Waals surface area contributed by atoms with Gasteiger partial charge in [-0.05, 0) is 31.5 Å². The van der Waals surface area contributed by atoms with Gasteiger partial charge in [-0.2, -0.15) is 0 Å². The smallest absolute Gasteiger partial charge is 0.228 e. The van der Waals surface area contributed by atoms with Crippen molar-refractivity contribution in [3.8, 4) is 0 Å². The molecule has 132 valence electrons. The lowest BCUT2D eigenvalue weighted by molar-refractivity contribution is -0.135. The van der Waals surface area contributed by atoms with Crippen molar-refractivity contribution in [2.75, 3.05) is 13.6 Å². The van der Waals surface area contributed by atoms with Gasteiger partial charge in [0.15, 0.2) is 0 Å². The molecule has 2 amide bonds. The summed E-state index contributed by atoms with van der Waals surface area (Å²) in [5.74, 6) is 1.35. The maximum Gasteiger partial charge on any atom is 0.228 e. The SMILES string of the molecule is Cc1ccc(CN2CC(C(=O)N(C)Cc3ccc(C)o3)CC2=O)cc1. The van der Waals surface area contributed by atoms with Crippen LogP contribution in [0.4, 0.5) is 0 Å². The van der Waals surface area contributed by atoms with E-state index in [4.69, 9.17) is 4.42 Å². The molecule has 0 radical (unpaired) electrons. The van der Waals surface area contributed by atoms with E-state index in [0.29, 0.717) is 19.6 Å². The molecule has 1 aromatic carbocycles. The summed E-state index contributed by atoms with van der Waals surface area (Å²) in [6, 6.07) is 11.9. The normalized spacial score (nSPS) is 17.2. The van der Waals surface area contributed by atoms with E-state index < -0.39 is 0 Å². The largest absolute Gasteiger partial charge is 0.464 e. The van der Waals surface area contributed by atoms with Crippen molar-refractivity contribution in [1.29, 1.82) is 0 Å². The molecular weight excluding hydrogens is 316 g/mol. The lowest BCUT2D eigenvalue weighted by atomic mass is 10.1. The van der Waals surface area contributed by atoms with Crippen LogP contribution in [-0.2, 0) is 22.7 Å². The lowest BCUT2D eigenvalue weighted by Crippen LogP contribution is -2.34. The standard InChI is InChI=1S/C20H24N2O3/c1-14-4-7-16(8-5-14)11-22-12-17(10-19(22)23)20(24)21(3)13-18-9-6-15(2)25-18/h4-9,17H,10-13H2,1-3H3. The monoisotopic (exact) mass is 340 g/mol. The molecule has 3 rings (SSSR count). The Morgan fingerprint density at radius 1 is 1.20 bits per heavy atom. The first-order valence-electron chi connectivity index (χ1n) is 8.56. The van der Waals surface area contributed by atoms with Crippen molar-refractivity contribution in [1.82, 2.24) is 9.80 Å². The Kier molecular flexibility index (Phi) is 4.93. The fourth-order valence-corrected chi connectivity index (χ4v) is 3.20. The van der Waals surface area contributed by atoms with Crippen LogP contribution in [0.5, 0.6) is 0 Å². The van der Waals surface area contributed by atoms with E-state index >= 15 is 0 Å². The summed E-state index contributed by atoms with van der Waals surface area (Å²) in [5, 5.41) is 0. The van der Waals surface area contributed by atoms with Crippen molar-refractivity contribution in [3.63, 3.8) is 0 Å². The number of carbonyl (C=O) groups is 2. The maximum atomic E-state index is 12.7. The zero-order chi connectivity index (χ0) is 18.0. The molecular formula is C20H24N2O3. The minimum Gasteiger partial charge on any atom is -0.464 e. The minimum absolute atomic E-state index is 0.00573. The second kappa shape index (κ2) is 7.13. The molecule has 0 N–H and O–H groups in total. The van der Waals surface area contributed by atoms with E-state index in [1.807, 2.05) is 50.2 Å². The summed E-state index contributed by atoms with van der Waals surface area (Å²) < 4.78 is 5.53. The average Bonchev–Trinajstić information content (AvgIpc) is 3.15. The third-order valence-electron chi connectivity index (χ3n) is 4.62. The molecule has 25 heavy (non-hydrogen) atoms. The Labute approximate surface area is 148 Å². The summed E-state index contributed by atoms with van der Waals surface area (Å²) in [5.41, 5.74) is 2.28. The number of hydrogen-bond acceptors (Lipinski definition) is 3. The molecule has 0 saturated carbocycles. The molecule has 1 fully saturated rings. The van der Waals surface area contributed by atoms with Crippen LogP contribution in [0.25, 0.3) is 0 Å². The van der Waals surface area contributed by atoms with Gasteiger partial charge in [0.05, 0.1) is 12.5 Å². The van der Waals surface area contributed by atoms with Gasteiger partial charge >= 0.3 is 0 Å². The van der Waals surface area contributed by atoms with Crippen molar-refractivity contribution in [2.45, 2.75) is 33.4 Å². The molecule has 5 nitrogen and oxygen atoms in total. The Balaban J connectivity index is 1.59. The summed E-state index contributed by atoms with van der Waals surface area (Å²) >= 11 is 0. The Bertz CT molecular complexity index is 764. The lowest BCUT2D eigenvalue weighted by Gasteiger charge is -2.20. The molecule has 0 bridgehead atoms. The van der Waals surface area contributed by atoms with Gasteiger partial charge in [-0.3, -0.25) is 9.59 Å². The molecule has 0 spiro atoms. The first-order chi connectivity index (χ1) is 11.9. The van der Waals surface area contributed by atoms with Gasteiger partial charge in [-0.15, -0.1) is 0 Å². The molecule has 2 heterocycles. The van der Waals surface area contributed by atoms with E-state index in [9.17, 15) is 9.59 Å². The average molecular weight is 340 g/mol. The molecule has 1 aliphatic rings. The molecule has 2 aromatic rings. The van der Waals surface area contributed by atoms with Crippen molar-refractivity contribution < 1.29 is 14.0 Å². The van der Waals surface area contributed by atoms with Gasteiger partial charge in [0, 0.05) is 26.6 Å². The Morgan fingerprint density at radius 2 is 1.92 bits per heavy atom. The zero-order valence-electron chi connectivity index (χ0n) is 15.0. The minimum atomic E-state index is -0.279. The maximum absolute atomic E-state index is 12.7. The van der Waals surface area contributed by atoms with Crippen LogP contribution < -0.4 is 0 Å². The predicted octanol–water partition coefficient (Wildman–Crippen LogP) is 2.90. The van der Waals surface area contributed by atoms with Gasteiger partial charge in [0.1, 0.15) is 11.5 Å². The molecule has 0 aliphatic carbocycles. The van der Waals surface area contributed by atoms with Crippen molar-refractivity contribution in [3.05, 3.63) is 59.0 Å². The van der Waals surface area contributed by atoms with Crippen molar-refractivity contribution in [2.24, 2.45) is 5.92 Å². The van der Waals surface area contributed by atoms with E-state index in [1.165, 1.54) is 5.56 Å². The molecule has 1 unspecified atom stereocenters. The number of nitrogens with zero attached hydrogens (tertiary/aromatic N) is 2. The second-order valence-corrected chi connectivity index (χ2v) is 6.87. The molecule has 1 saturated heterocycles. The highest BCUT2D eigenvalue weighted by molar-refractivity contribution is 5.89.